The van der Waals surface area contributed by atoms with E-state index in [1.807, 2.05) is 61.5 Å². The lowest BCUT2D eigenvalue weighted by atomic mass is 10.1. The Balaban J connectivity index is 1.79. The summed E-state index contributed by atoms with van der Waals surface area (Å²) < 4.78 is 0. The van der Waals surface area contributed by atoms with Crippen LogP contribution in [0.3, 0.4) is 0 Å². The number of hydrogen-bond acceptors (Lipinski definition) is 2. The number of aromatic amines is 1. The molecule has 0 fully saturated rings. The second kappa shape index (κ2) is 6.96. The van der Waals surface area contributed by atoms with Gasteiger partial charge < -0.3 is 10.3 Å². The largest absolute Gasteiger partial charge is 0.348 e. The van der Waals surface area contributed by atoms with Gasteiger partial charge >= 0.3 is 0 Å². The number of hydrogen-bond donors (Lipinski definition) is 2. The molecule has 0 saturated carbocycles. The van der Waals surface area contributed by atoms with Crippen LogP contribution in [0.4, 0.5) is 0 Å². The molecule has 3 rings (SSSR count). The number of H-pyrrole nitrogens is 1. The molecule has 2 aromatic carbocycles. The zero-order valence-corrected chi connectivity index (χ0v) is 13.4. The second-order valence-corrected chi connectivity index (χ2v) is 5.67. The second-order valence-electron chi connectivity index (χ2n) is 5.67. The molecule has 0 saturated heterocycles. The molecule has 0 aliphatic carbocycles. The van der Waals surface area contributed by atoms with Crippen LogP contribution < -0.4 is 10.9 Å². The molecule has 1 aromatic heterocycles. The van der Waals surface area contributed by atoms with Gasteiger partial charge in [0, 0.05) is 18.3 Å². The van der Waals surface area contributed by atoms with E-state index in [1.165, 1.54) is 6.20 Å². The van der Waals surface area contributed by atoms with Crippen molar-refractivity contribution >= 4 is 5.91 Å². The number of carbonyl (C=O) groups excluding carboxylic acids is 1. The fourth-order valence-corrected chi connectivity index (χ4v) is 2.55. The lowest BCUT2D eigenvalue weighted by molar-refractivity contribution is 0.0950. The van der Waals surface area contributed by atoms with Gasteiger partial charge in [-0.2, -0.15) is 0 Å². The maximum atomic E-state index is 12.4. The lowest BCUT2D eigenvalue weighted by Gasteiger charge is -2.07. The zero-order chi connectivity index (χ0) is 16.9. The van der Waals surface area contributed by atoms with Crippen LogP contribution in [0, 0.1) is 6.92 Å². The summed E-state index contributed by atoms with van der Waals surface area (Å²) in [6.45, 7) is 2.46. The average Bonchev–Trinajstić information content (AvgIpc) is 2.61. The van der Waals surface area contributed by atoms with E-state index in [4.69, 9.17) is 0 Å². The summed E-state index contributed by atoms with van der Waals surface area (Å²) in [6.07, 6.45) is 1.44. The fraction of sp³-hybridized carbons (Fsp3) is 0.100. The molecule has 120 valence electrons. The minimum atomic E-state index is -0.218. The SMILES string of the molecule is Cc1cccc(CNC(=O)c2c[nH]c(=O)c(-c3ccccc3)c2)c1. The first kappa shape index (κ1) is 15.7. The van der Waals surface area contributed by atoms with Gasteiger partial charge in [-0.15, -0.1) is 0 Å². The van der Waals surface area contributed by atoms with Crippen molar-refractivity contribution in [3.63, 3.8) is 0 Å². The van der Waals surface area contributed by atoms with Gasteiger partial charge in [-0.05, 0) is 24.1 Å². The quantitative estimate of drug-likeness (QED) is 0.775. The molecule has 24 heavy (non-hydrogen) atoms. The van der Waals surface area contributed by atoms with Crippen LogP contribution in [-0.2, 0) is 6.54 Å². The van der Waals surface area contributed by atoms with Gasteiger partial charge in [0.1, 0.15) is 0 Å². The number of benzene rings is 2. The first-order valence-corrected chi connectivity index (χ1v) is 7.75. The molecule has 2 N–H and O–H groups in total. The normalized spacial score (nSPS) is 10.4. The molecule has 0 spiro atoms. The molecule has 0 aliphatic rings. The predicted octanol–water partition coefficient (Wildman–Crippen LogP) is 3.28. The molecule has 1 heterocycles. The standard InChI is InChI=1S/C20H18N2O2/c1-14-6-5-7-15(10-14)12-21-19(23)17-11-18(20(24)22-13-17)16-8-3-2-4-9-16/h2-11,13H,12H2,1H3,(H,21,23)(H,22,24). The van der Waals surface area contributed by atoms with Crippen LogP contribution >= 0.6 is 0 Å². The van der Waals surface area contributed by atoms with E-state index in [2.05, 4.69) is 10.3 Å². The molecule has 3 aromatic rings. The summed E-state index contributed by atoms with van der Waals surface area (Å²) >= 11 is 0. The van der Waals surface area contributed by atoms with Gasteiger partial charge in [0.25, 0.3) is 11.5 Å². The molecule has 4 heteroatoms. The predicted molar refractivity (Wildman–Crippen MR) is 94.8 cm³/mol. The van der Waals surface area contributed by atoms with Crippen molar-refractivity contribution < 1.29 is 4.79 Å². The van der Waals surface area contributed by atoms with Crippen LogP contribution in [0.1, 0.15) is 21.5 Å². The minimum absolute atomic E-state index is 0.212. The third-order valence-corrected chi connectivity index (χ3v) is 3.79. The number of pyridine rings is 1. The van der Waals surface area contributed by atoms with Crippen LogP contribution in [0.2, 0.25) is 0 Å². The minimum Gasteiger partial charge on any atom is -0.348 e. The van der Waals surface area contributed by atoms with Gasteiger partial charge in [-0.3, -0.25) is 9.59 Å². The highest BCUT2D eigenvalue weighted by Gasteiger charge is 2.10. The number of nitrogens with one attached hydrogen (secondary N) is 2. The topological polar surface area (TPSA) is 62.0 Å². The Hall–Kier alpha value is -3.14. The van der Waals surface area contributed by atoms with Gasteiger partial charge in [-0.25, -0.2) is 0 Å². The van der Waals surface area contributed by atoms with Crippen LogP contribution in [-0.4, -0.2) is 10.9 Å². The van der Waals surface area contributed by atoms with Crippen molar-refractivity contribution in [2.45, 2.75) is 13.5 Å². The third-order valence-electron chi connectivity index (χ3n) is 3.79. The zero-order valence-electron chi connectivity index (χ0n) is 13.4. The van der Waals surface area contributed by atoms with Gasteiger partial charge in [0.05, 0.1) is 5.56 Å². The van der Waals surface area contributed by atoms with Crippen molar-refractivity contribution in [1.82, 2.24) is 10.3 Å². The molecular weight excluding hydrogens is 300 g/mol. The Bertz CT molecular complexity index is 914. The lowest BCUT2D eigenvalue weighted by Crippen LogP contribution is -2.24. The summed E-state index contributed by atoms with van der Waals surface area (Å²) in [5.41, 5.74) is 3.68. The van der Waals surface area contributed by atoms with Crippen molar-refractivity contribution in [2.24, 2.45) is 0 Å². The van der Waals surface area contributed by atoms with Gasteiger partial charge in [0.2, 0.25) is 0 Å². The van der Waals surface area contributed by atoms with Crippen LogP contribution in [0.5, 0.6) is 0 Å². The number of aromatic nitrogens is 1. The molecular formula is C20H18N2O2. The van der Waals surface area contributed by atoms with Crippen LogP contribution in [0.25, 0.3) is 11.1 Å². The number of rotatable bonds is 4. The average molecular weight is 318 g/mol. The van der Waals surface area contributed by atoms with E-state index in [1.54, 1.807) is 6.07 Å². The first-order valence-electron chi connectivity index (χ1n) is 7.75. The summed E-state index contributed by atoms with van der Waals surface area (Å²) in [6, 6.07) is 18.9. The molecule has 0 unspecified atom stereocenters. The molecule has 1 amide bonds. The molecule has 0 radical (unpaired) electrons. The van der Waals surface area contributed by atoms with Crippen molar-refractivity contribution in [3.05, 3.63) is 93.9 Å². The van der Waals surface area contributed by atoms with E-state index in [-0.39, 0.29) is 11.5 Å². The van der Waals surface area contributed by atoms with E-state index < -0.39 is 0 Å². The van der Waals surface area contributed by atoms with E-state index >= 15 is 0 Å². The van der Waals surface area contributed by atoms with Crippen molar-refractivity contribution in [1.29, 1.82) is 0 Å². The Kier molecular flexibility index (Phi) is 4.57. The first-order chi connectivity index (χ1) is 11.6. The maximum Gasteiger partial charge on any atom is 0.255 e. The summed E-state index contributed by atoms with van der Waals surface area (Å²) in [7, 11) is 0. The molecule has 0 bridgehead atoms. The Morgan fingerprint density at radius 2 is 1.83 bits per heavy atom. The van der Waals surface area contributed by atoms with Gasteiger partial charge in [-0.1, -0.05) is 60.2 Å². The Labute approximate surface area is 140 Å². The summed E-state index contributed by atoms with van der Waals surface area (Å²) in [5, 5.41) is 2.88. The highest BCUT2D eigenvalue weighted by molar-refractivity contribution is 5.95. The van der Waals surface area contributed by atoms with E-state index in [0.29, 0.717) is 17.7 Å². The van der Waals surface area contributed by atoms with Crippen molar-refractivity contribution in [3.8, 4) is 11.1 Å². The van der Waals surface area contributed by atoms with E-state index in [9.17, 15) is 9.59 Å². The third kappa shape index (κ3) is 3.60. The highest BCUT2D eigenvalue weighted by atomic mass is 16.1. The van der Waals surface area contributed by atoms with E-state index in [0.717, 1.165) is 16.7 Å². The molecule has 4 nitrogen and oxygen atoms in total. The molecule has 0 atom stereocenters. The van der Waals surface area contributed by atoms with Crippen LogP contribution in [0.15, 0.2) is 71.7 Å². The fourth-order valence-electron chi connectivity index (χ4n) is 2.55. The highest BCUT2D eigenvalue weighted by Crippen LogP contribution is 2.15. The smallest absolute Gasteiger partial charge is 0.255 e. The maximum absolute atomic E-state index is 12.4. The monoisotopic (exact) mass is 318 g/mol. The summed E-state index contributed by atoms with van der Waals surface area (Å²) in [4.78, 5) is 27.0. The Morgan fingerprint density at radius 3 is 2.58 bits per heavy atom. The summed E-state index contributed by atoms with van der Waals surface area (Å²) in [5.74, 6) is -0.218. The molecule has 0 aliphatic heterocycles. The number of aryl methyl sites for hydroxylation is 1. The Morgan fingerprint density at radius 1 is 1.04 bits per heavy atom. The van der Waals surface area contributed by atoms with Gasteiger partial charge in [0.15, 0.2) is 0 Å². The number of amides is 1. The van der Waals surface area contributed by atoms with Crippen molar-refractivity contribution in [2.75, 3.05) is 0 Å². The number of carbonyl (C=O) groups is 1.